The Balaban J connectivity index is 2.45. The van der Waals surface area contributed by atoms with E-state index in [9.17, 15) is 4.79 Å². The number of carbonyl (C=O) groups is 1. The minimum Gasteiger partial charge on any atom is -0.468 e. The van der Waals surface area contributed by atoms with Gasteiger partial charge in [-0.15, -0.1) is 0 Å². The lowest BCUT2D eigenvalue weighted by molar-refractivity contribution is -0.143. The van der Waals surface area contributed by atoms with Crippen molar-refractivity contribution in [2.75, 3.05) is 7.11 Å². The number of esters is 1. The molecule has 0 spiro atoms. The first-order valence-electron chi connectivity index (χ1n) is 7.51. The first-order chi connectivity index (χ1) is 8.67. The molecule has 1 rings (SSSR count). The van der Waals surface area contributed by atoms with Crippen LogP contribution in [0.3, 0.4) is 0 Å². The molecule has 1 N–H and O–H groups in total. The van der Waals surface area contributed by atoms with Crippen LogP contribution in [0, 0.1) is 5.92 Å². The van der Waals surface area contributed by atoms with Crippen LogP contribution in [0.1, 0.15) is 65.2 Å². The Morgan fingerprint density at radius 3 is 2.78 bits per heavy atom. The number of nitrogens with one attached hydrogen (secondary N) is 1. The SMILES string of the molecule is CCCCC(NC1CCCC(C)CC1)C(=O)OC. The molecule has 0 saturated heterocycles. The zero-order chi connectivity index (χ0) is 13.4. The van der Waals surface area contributed by atoms with E-state index in [2.05, 4.69) is 19.2 Å². The van der Waals surface area contributed by atoms with Crippen molar-refractivity contribution in [1.82, 2.24) is 5.32 Å². The van der Waals surface area contributed by atoms with Gasteiger partial charge in [-0.25, -0.2) is 0 Å². The van der Waals surface area contributed by atoms with Crippen LogP contribution in [-0.2, 0) is 9.53 Å². The summed E-state index contributed by atoms with van der Waals surface area (Å²) >= 11 is 0. The highest BCUT2D eigenvalue weighted by atomic mass is 16.5. The second-order valence-corrected chi connectivity index (χ2v) is 5.69. The van der Waals surface area contributed by atoms with Crippen LogP contribution in [0.25, 0.3) is 0 Å². The normalized spacial score (nSPS) is 26.4. The first-order valence-corrected chi connectivity index (χ1v) is 7.51. The minimum atomic E-state index is -0.103. The zero-order valence-corrected chi connectivity index (χ0v) is 12.2. The van der Waals surface area contributed by atoms with E-state index in [1.165, 1.54) is 39.2 Å². The molecule has 3 unspecified atom stereocenters. The van der Waals surface area contributed by atoms with Crippen LogP contribution >= 0.6 is 0 Å². The molecule has 1 aliphatic carbocycles. The van der Waals surface area contributed by atoms with Crippen molar-refractivity contribution in [3.8, 4) is 0 Å². The third-order valence-electron chi connectivity index (χ3n) is 4.03. The van der Waals surface area contributed by atoms with Crippen molar-refractivity contribution in [2.24, 2.45) is 5.92 Å². The lowest BCUT2D eigenvalue weighted by Gasteiger charge is -2.23. The van der Waals surface area contributed by atoms with Crippen LogP contribution in [-0.4, -0.2) is 25.2 Å². The molecule has 18 heavy (non-hydrogen) atoms. The van der Waals surface area contributed by atoms with Gasteiger partial charge in [-0.2, -0.15) is 0 Å². The van der Waals surface area contributed by atoms with Gasteiger partial charge < -0.3 is 10.1 Å². The third-order valence-corrected chi connectivity index (χ3v) is 4.03. The summed E-state index contributed by atoms with van der Waals surface area (Å²) in [6, 6.07) is 0.393. The van der Waals surface area contributed by atoms with Crippen molar-refractivity contribution in [3.63, 3.8) is 0 Å². The van der Waals surface area contributed by atoms with Gasteiger partial charge in [-0.3, -0.25) is 4.79 Å². The van der Waals surface area contributed by atoms with E-state index >= 15 is 0 Å². The molecular weight excluding hydrogens is 226 g/mol. The highest BCUT2D eigenvalue weighted by Gasteiger charge is 2.23. The van der Waals surface area contributed by atoms with Gasteiger partial charge in [-0.05, 0) is 31.6 Å². The molecule has 0 aromatic heterocycles. The van der Waals surface area contributed by atoms with E-state index in [0.717, 1.165) is 25.2 Å². The van der Waals surface area contributed by atoms with E-state index in [0.29, 0.717) is 6.04 Å². The predicted octanol–water partition coefficient (Wildman–Crippen LogP) is 3.28. The number of unbranched alkanes of at least 4 members (excludes halogenated alkanes) is 1. The van der Waals surface area contributed by atoms with Gasteiger partial charge in [0.2, 0.25) is 0 Å². The number of methoxy groups -OCH3 is 1. The smallest absolute Gasteiger partial charge is 0.322 e. The Morgan fingerprint density at radius 1 is 1.33 bits per heavy atom. The highest BCUT2D eigenvalue weighted by molar-refractivity contribution is 5.75. The summed E-state index contributed by atoms with van der Waals surface area (Å²) in [5.41, 5.74) is 0. The second kappa shape index (κ2) is 8.52. The Kier molecular flexibility index (Phi) is 7.33. The summed E-state index contributed by atoms with van der Waals surface area (Å²) in [6.45, 7) is 4.49. The number of hydrogen-bond acceptors (Lipinski definition) is 3. The highest BCUT2D eigenvalue weighted by Crippen LogP contribution is 2.23. The molecule has 0 heterocycles. The fourth-order valence-corrected chi connectivity index (χ4v) is 2.76. The van der Waals surface area contributed by atoms with Gasteiger partial charge in [0.1, 0.15) is 6.04 Å². The standard InChI is InChI=1S/C15H29NO2/c1-4-5-9-14(15(17)18-3)16-13-8-6-7-12(2)10-11-13/h12-14,16H,4-11H2,1-3H3. The molecule has 3 nitrogen and oxygen atoms in total. The summed E-state index contributed by atoms with van der Waals surface area (Å²) in [5.74, 6) is 0.741. The molecule has 0 radical (unpaired) electrons. The second-order valence-electron chi connectivity index (χ2n) is 5.69. The van der Waals surface area contributed by atoms with Gasteiger partial charge in [0.25, 0.3) is 0 Å². The van der Waals surface area contributed by atoms with Crippen LogP contribution < -0.4 is 5.32 Å². The largest absolute Gasteiger partial charge is 0.468 e. The van der Waals surface area contributed by atoms with Gasteiger partial charge in [0.05, 0.1) is 7.11 Å². The summed E-state index contributed by atoms with van der Waals surface area (Å²) in [6.07, 6.45) is 9.38. The Hall–Kier alpha value is -0.570. The minimum absolute atomic E-state index is 0.0965. The fourth-order valence-electron chi connectivity index (χ4n) is 2.76. The molecule has 0 aromatic rings. The van der Waals surface area contributed by atoms with Crippen LogP contribution in [0.2, 0.25) is 0 Å². The van der Waals surface area contributed by atoms with Gasteiger partial charge in [-0.1, -0.05) is 39.5 Å². The summed E-state index contributed by atoms with van der Waals surface area (Å²) in [7, 11) is 1.48. The van der Waals surface area contributed by atoms with Gasteiger partial charge >= 0.3 is 5.97 Å². The third kappa shape index (κ3) is 5.38. The lowest BCUT2D eigenvalue weighted by Crippen LogP contribution is -2.43. The molecular formula is C15H29NO2. The Morgan fingerprint density at radius 2 is 2.11 bits per heavy atom. The van der Waals surface area contributed by atoms with Crippen molar-refractivity contribution >= 4 is 5.97 Å². The first kappa shape index (κ1) is 15.5. The number of carbonyl (C=O) groups excluding carboxylic acids is 1. The molecule has 1 fully saturated rings. The van der Waals surface area contributed by atoms with E-state index in [1.54, 1.807) is 0 Å². The fraction of sp³-hybridized carbons (Fsp3) is 0.933. The van der Waals surface area contributed by atoms with Crippen molar-refractivity contribution in [1.29, 1.82) is 0 Å². The van der Waals surface area contributed by atoms with E-state index in [4.69, 9.17) is 4.74 Å². The zero-order valence-electron chi connectivity index (χ0n) is 12.2. The molecule has 0 aromatic carbocycles. The molecule has 3 heteroatoms. The maximum absolute atomic E-state index is 11.8. The molecule has 106 valence electrons. The monoisotopic (exact) mass is 255 g/mol. The lowest BCUT2D eigenvalue weighted by atomic mass is 10.0. The van der Waals surface area contributed by atoms with Crippen molar-refractivity contribution < 1.29 is 9.53 Å². The maximum atomic E-state index is 11.8. The van der Waals surface area contributed by atoms with Crippen LogP contribution in [0.5, 0.6) is 0 Å². The molecule has 1 saturated carbocycles. The molecule has 1 aliphatic rings. The number of ether oxygens (including phenoxy) is 1. The van der Waals surface area contributed by atoms with E-state index < -0.39 is 0 Å². The van der Waals surface area contributed by atoms with E-state index in [-0.39, 0.29) is 12.0 Å². The quantitative estimate of drug-likeness (QED) is 0.585. The predicted molar refractivity (Wildman–Crippen MR) is 74.5 cm³/mol. The van der Waals surface area contributed by atoms with Gasteiger partial charge in [0.15, 0.2) is 0 Å². The molecule has 0 bridgehead atoms. The van der Waals surface area contributed by atoms with Crippen LogP contribution in [0.15, 0.2) is 0 Å². The van der Waals surface area contributed by atoms with Crippen LogP contribution in [0.4, 0.5) is 0 Å². The van der Waals surface area contributed by atoms with Crippen molar-refractivity contribution in [3.05, 3.63) is 0 Å². The average Bonchev–Trinajstić information content (AvgIpc) is 2.58. The topological polar surface area (TPSA) is 38.3 Å². The maximum Gasteiger partial charge on any atom is 0.322 e. The molecule has 3 atom stereocenters. The Bertz CT molecular complexity index is 243. The average molecular weight is 255 g/mol. The van der Waals surface area contributed by atoms with Crippen molar-refractivity contribution in [2.45, 2.75) is 77.3 Å². The number of hydrogen-bond donors (Lipinski definition) is 1. The Labute approximate surface area is 112 Å². The summed E-state index contributed by atoms with van der Waals surface area (Å²) < 4.78 is 4.90. The number of rotatable bonds is 6. The van der Waals surface area contributed by atoms with E-state index in [1.807, 2.05) is 0 Å². The summed E-state index contributed by atoms with van der Waals surface area (Å²) in [5, 5.41) is 3.53. The molecule has 0 amide bonds. The molecule has 0 aliphatic heterocycles. The summed E-state index contributed by atoms with van der Waals surface area (Å²) in [4.78, 5) is 11.8. The van der Waals surface area contributed by atoms with Gasteiger partial charge in [0, 0.05) is 6.04 Å².